The largest absolute Gasteiger partial charge is 0.446 e. The Balaban J connectivity index is 1.96. The molecule has 1 amide bonds. The van der Waals surface area contributed by atoms with Crippen LogP contribution in [-0.4, -0.2) is 24.1 Å². The van der Waals surface area contributed by atoms with E-state index in [4.69, 9.17) is 4.74 Å². The van der Waals surface area contributed by atoms with E-state index >= 15 is 0 Å². The molecule has 0 N–H and O–H groups in total. The van der Waals surface area contributed by atoms with Gasteiger partial charge in [-0.25, -0.2) is 13.6 Å². The van der Waals surface area contributed by atoms with Crippen LogP contribution in [0.5, 0.6) is 0 Å². The molecule has 3 nitrogen and oxygen atoms in total. The molecular formula is C20H17F2NO2. The number of ether oxygens (including phenoxy) is 1. The van der Waals surface area contributed by atoms with Crippen molar-refractivity contribution < 1.29 is 18.3 Å². The van der Waals surface area contributed by atoms with Gasteiger partial charge in [-0.2, -0.15) is 0 Å². The predicted molar refractivity (Wildman–Crippen MR) is 91.8 cm³/mol. The average Bonchev–Trinajstić information content (AvgIpc) is 2.95. The Morgan fingerprint density at radius 3 is 2.64 bits per heavy atom. The predicted octanol–water partition coefficient (Wildman–Crippen LogP) is 4.51. The van der Waals surface area contributed by atoms with Gasteiger partial charge in [0.1, 0.15) is 23.8 Å². The summed E-state index contributed by atoms with van der Waals surface area (Å²) in [5.41, 5.74) is 0.248. The Morgan fingerprint density at radius 2 is 1.96 bits per heavy atom. The van der Waals surface area contributed by atoms with Crippen LogP contribution in [0.15, 0.2) is 67.8 Å². The molecule has 0 bridgehead atoms. The zero-order valence-corrected chi connectivity index (χ0v) is 13.5. The number of cyclic esters (lactones) is 1. The lowest BCUT2D eigenvalue weighted by atomic mass is 9.89. The van der Waals surface area contributed by atoms with Gasteiger partial charge in [0.25, 0.3) is 0 Å². The van der Waals surface area contributed by atoms with Crippen LogP contribution in [0.4, 0.5) is 13.6 Å². The first-order valence-corrected chi connectivity index (χ1v) is 7.74. The van der Waals surface area contributed by atoms with E-state index < -0.39 is 23.3 Å². The molecule has 0 aromatic heterocycles. The van der Waals surface area contributed by atoms with Crippen molar-refractivity contribution in [1.82, 2.24) is 4.90 Å². The maximum absolute atomic E-state index is 14.0. The molecule has 0 saturated carbocycles. The van der Waals surface area contributed by atoms with Gasteiger partial charge in [0.2, 0.25) is 0 Å². The van der Waals surface area contributed by atoms with Crippen molar-refractivity contribution in [3.63, 3.8) is 0 Å². The monoisotopic (exact) mass is 341 g/mol. The van der Waals surface area contributed by atoms with Crippen molar-refractivity contribution in [1.29, 1.82) is 0 Å². The normalized spacial score (nSPS) is 19.6. The van der Waals surface area contributed by atoms with E-state index in [0.29, 0.717) is 0 Å². The molecule has 5 heteroatoms. The van der Waals surface area contributed by atoms with Gasteiger partial charge < -0.3 is 4.74 Å². The molecule has 0 aliphatic carbocycles. The number of carbonyl (C=O) groups is 1. The van der Waals surface area contributed by atoms with Gasteiger partial charge in [-0.15, -0.1) is 6.58 Å². The first kappa shape index (κ1) is 16.9. The van der Waals surface area contributed by atoms with Crippen molar-refractivity contribution in [2.24, 2.45) is 0 Å². The Kier molecular flexibility index (Phi) is 4.40. The smallest absolute Gasteiger partial charge is 0.411 e. The zero-order chi connectivity index (χ0) is 18.0. The highest BCUT2D eigenvalue weighted by Gasteiger charge is 2.46. The number of hydrogen-bond donors (Lipinski definition) is 0. The third kappa shape index (κ3) is 2.93. The van der Waals surface area contributed by atoms with Crippen LogP contribution in [0, 0.1) is 11.6 Å². The summed E-state index contributed by atoms with van der Waals surface area (Å²) < 4.78 is 32.7. The zero-order valence-electron chi connectivity index (χ0n) is 13.5. The van der Waals surface area contributed by atoms with E-state index in [0.717, 1.165) is 23.8 Å². The van der Waals surface area contributed by atoms with Crippen LogP contribution in [-0.2, 0) is 10.3 Å². The summed E-state index contributed by atoms with van der Waals surface area (Å²) >= 11 is 0. The maximum atomic E-state index is 14.0. The minimum atomic E-state index is -0.884. The fraction of sp³-hybridized carbons (Fsp3) is 0.150. The Hall–Kier alpha value is -2.95. The SMILES string of the molecule is C=C[C@]1(c2ccccc2)COC(=O)N1CC(=C)c1cc(F)ccc1F. The van der Waals surface area contributed by atoms with E-state index in [2.05, 4.69) is 13.2 Å². The second-order valence-electron chi connectivity index (χ2n) is 5.86. The van der Waals surface area contributed by atoms with Crippen molar-refractivity contribution in [3.8, 4) is 0 Å². The highest BCUT2D eigenvalue weighted by molar-refractivity contribution is 5.77. The van der Waals surface area contributed by atoms with Crippen molar-refractivity contribution in [2.75, 3.05) is 13.2 Å². The van der Waals surface area contributed by atoms with Crippen LogP contribution in [0.25, 0.3) is 5.57 Å². The Morgan fingerprint density at radius 1 is 1.24 bits per heavy atom. The summed E-state index contributed by atoms with van der Waals surface area (Å²) in [5, 5.41) is 0. The third-order valence-corrected chi connectivity index (χ3v) is 4.39. The molecule has 128 valence electrons. The lowest BCUT2D eigenvalue weighted by molar-refractivity contribution is 0.160. The number of hydrogen-bond acceptors (Lipinski definition) is 2. The summed E-state index contributed by atoms with van der Waals surface area (Å²) in [6, 6.07) is 12.4. The molecule has 0 unspecified atom stereocenters. The number of halogens is 2. The summed E-state index contributed by atoms with van der Waals surface area (Å²) in [4.78, 5) is 13.7. The Bertz CT molecular complexity index is 835. The molecule has 1 saturated heterocycles. The van der Waals surface area contributed by atoms with Crippen LogP contribution in [0.3, 0.4) is 0 Å². The summed E-state index contributed by atoms with van der Waals surface area (Å²) in [6.45, 7) is 7.76. The number of nitrogens with zero attached hydrogens (tertiary/aromatic N) is 1. The molecule has 2 aromatic rings. The lowest BCUT2D eigenvalue weighted by Crippen LogP contribution is -2.43. The molecule has 1 aliphatic heterocycles. The van der Waals surface area contributed by atoms with E-state index in [-0.39, 0.29) is 24.3 Å². The topological polar surface area (TPSA) is 29.5 Å². The molecule has 1 heterocycles. The van der Waals surface area contributed by atoms with Gasteiger partial charge in [-0.1, -0.05) is 43.0 Å². The molecule has 3 rings (SSSR count). The second-order valence-corrected chi connectivity index (χ2v) is 5.86. The quantitative estimate of drug-likeness (QED) is 0.749. The van der Waals surface area contributed by atoms with Gasteiger partial charge in [0, 0.05) is 5.56 Å². The highest BCUT2D eigenvalue weighted by atomic mass is 19.1. The molecule has 1 aliphatic rings. The standard InChI is InChI=1S/C20H17F2NO2/c1-3-20(15-7-5-4-6-8-15)13-25-19(24)23(20)12-14(2)17-11-16(21)9-10-18(17)22/h3-11H,1-2,12-13H2/t20-/m1/s1. The van der Waals surface area contributed by atoms with Crippen molar-refractivity contribution in [3.05, 3.63) is 90.5 Å². The minimum absolute atomic E-state index is 0.0138. The summed E-state index contributed by atoms with van der Waals surface area (Å²) in [5.74, 6) is -1.16. The third-order valence-electron chi connectivity index (χ3n) is 4.39. The van der Waals surface area contributed by atoms with E-state index in [9.17, 15) is 13.6 Å². The minimum Gasteiger partial charge on any atom is -0.446 e. The van der Waals surface area contributed by atoms with E-state index in [1.165, 1.54) is 4.90 Å². The van der Waals surface area contributed by atoms with Gasteiger partial charge in [0.15, 0.2) is 0 Å². The van der Waals surface area contributed by atoms with E-state index in [1.807, 2.05) is 30.3 Å². The highest BCUT2D eigenvalue weighted by Crippen LogP contribution is 2.37. The molecule has 0 spiro atoms. The second kappa shape index (κ2) is 6.51. The van der Waals surface area contributed by atoms with Gasteiger partial charge in [-0.05, 0) is 29.3 Å². The van der Waals surface area contributed by atoms with E-state index in [1.54, 1.807) is 6.08 Å². The van der Waals surface area contributed by atoms with Crippen LogP contribution >= 0.6 is 0 Å². The van der Waals surface area contributed by atoms with Crippen LogP contribution in [0.1, 0.15) is 11.1 Å². The fourth-order valence-electron chi connectivity index (χ4n) is 2.99. The van der Waals surface area contributed by atoms with Crippen LogP contribution < -0.4 is 0 Å². The maximum Gasteiger partial charge on any atom is 0.411 e. The van der Waals surface area contributed by atoms with Crippen LogP contribution in [0.2, 0.25) is 0 Å². The number of amides is 1. The lowest BCUT2D eigenvalue weighted by Gasteiger charge is -2.33. The van der Waals surface area contributed by atoms with Gasteiger partial charge in [0.05, 0.1) is 6.54 Å². The number of rotatable bonds is 5. The van der Waals surface area contributed by atoms with Gasteiger partial charge in [-0.3, -0.25) is 4.90 Å². The first-order valence-electron chi connectivity index (χ1n) is 7.74. The summed E-state index contributed by atoms with van der Waals surface area (Å²) in [7, 11) is 0. The molecule has 25 heavy (non-hydrogen) atoms. The molecular weight excluding hydrogens is 324 g/mol. The molecule has 1 fully saturated rings. The van der Waals surface area contributed by atoms with Gasteiger partial charge >= 0.3 is 6.09 Å². The number of carbonyl (C=O) groups excluding carboxylic acids is 1. The molecule has 0 radical (unpaired) electrons. The molecule has 1 atom stereocenters. The summed E-state index contributed by atoms with van der Waals surface area (Å²) in [6.07, 6.45) is 1.07. The van der Waals surface area contributed by atoms with Crippen molar-refractivity contribution >= 4 is 11.7 Å². The first-order chi connectivity index (χ1) is 12.0. The molecule has 2 aromatic carbocycles. The average molecular weight is 341 g/mol. The number of benzene rings is 2. The Labute approximate surface area is 144 Å². The fourth-order valence-corrected chi connectivity index (χ4v) is 2.99. The van der Waals surface area contributed by atoms with Crippen molar-refractivity contribution in [2.45, 2.75) is 5.54 Å².